The number of rotatable bonds is 5. The SMILES string of the molecule is CC#CCCC(=O)C(N)C(C)CC. The lowest BCUT2D eigenvalue weighted by Gasteiger charge is -2.15. The van der Waals surface area contributed by atoms with E-state index in [4.69, 9.17) is 5.73 Å². The van der Waals surface area contributed by atoms with Crippen molar-refractivity contribution in [3.8, 4) is 11.8 Å². The maximum absolute atomic E-state index is 11.4. The van der Waals surface area contributed by atoms with Crippen molar-refractivity contribution in [1.29, 1.82) is 0 Å². The Kier molecular flexibility index (Phi) is 6.26. The summed E-state index contributed by atoms with van der Waals surface area (Å²) in [6, 6.07) is -0.302. The molecule has 0 aliphatic heterocycles. The van der Waals surface area contributed by atoms with Crippen LogP contribution in [0.5, 0.6) is 0 Å². The number of Topliss-reactive ketones (excluding diaryl/α,β-unsaturated/α-hetero) is 1. The summed E-state index contributed by atoms with van der Waals surface area (Å²) in [5.41, 5.74) is 5.76. The Labute approximate surface area is 80.9 Å². The van der Waals surface area contributed by atoms with Gasteiger partial charge in [-0.25, -0.2) is 0 Å². The Morgan fingerprint density at radius 2 is 2.15 bits per heavy atom. The van der Waals surface area contributed by atoms with Crippen molar-refractivity contribution in [3.05, 3.63) is 0 Å². The Morgan fingerprint density at radius 1 is 1.54 bits per heavy atom. The van der Waals surface area contributed by atoms with Crippen LogP contribution in [0.4, 0.5) is 0 Å². The van der Waals surface area contributed by atoms with E-state index in [2.05, 4.69) is 11.8 Å². The third-order valence-corrected chi connectivity index (χ3v) is 2.30. The van der Waals surface area contributed by atoms with E-state index >= 15 is 0 Å². The molecular weight excluding hydrogens is 162 g/mol. The number of hydrogen-bond acceptors (Lipinski definition) is 2. The summed E-state index contributed by atoms with van der Waals surface area (Å²) in [5, 5.41) is 0. The number of carbonyl (C=O) groups excluding carboxylic acids is 1. The molecule has 0 bridgehead atoms. The molecule has 0 aliphatic carbocycles. The van der Waals surface area contributed by atoms with Crippen LogP contribution >= 0.6 is 0 Å². The van der Waals surface area contributed by atoms with Crippen molar-refractivity contribution >= 4 is 5.78 Å². The minimum atomic E-state index is -0.302. The van der Waals surface area contributed by atoms with E-state index < -0.39 is 0 Å². The number of carbonyl (C=O) groups is 1. The van der Waals surface area contributed by atoms with Gasteiger partial charge in [0.25, 0.3) is 0 Å². The molecule has 0 spiro atoms. The van der Waals surface area contributed by atoms with Gasteiger partial charge in [0.1, 0.15) is 0 Å². The van der Waals surface area contributed by atoms with Crippen LogP contribution in [0.2, 0.25) is 0 Å². The molecule has 2 heteroatoms. The second-order valence-corrected chi connectivity index (χ2v) is 3.30. The Hall–Kier alpha value is -0.810. The van der Waals surface area contributed by atoms with E-state index in [0.717, 1.165) is 6.42 Å². The van der Waals surface area contributed by atoms with E-state index in [1.165, 1.54) is 0 Å². The fourth-order valence-electron chi connectivity index (χ4n) is 1.05. The smallest absolute Gasteiger partial charge is 0.150 e. The molecule has 0 rings (SSSR count). The molecule has 0 aromatic rings. The van der Waals surface area contributed by atoms with Crippen molar-refractivity contribution in [2.75, 3.05) is 0 Å². The van der Waals surface area contributed by atoms with Crippen LogP contribution in [0, 0.1) is 17.8 Å². The van der Waals surface area contributed by atoms with Gasteiger partial charge < -0.3 is 5.73 Å². The fourth-order valence-corrected chi connectivity index (χ4v) is 1.05. The van der Waals surface area contributed by atoms with Crippen LogP contribution in [0.25, 0.3) is 0 Å². The summed E-state index contributed by atoms with van der Waals surface area (Å²) in [5.74, 6) is 6.04. The van der Waals surface area contributed by atoms with Gasteiger partial charge in [-0.05, 0) is 12.8 Å². The predicted molar refractivity (Wildman–Crippen MR) is 55.1 cm³/mol. The lowest BCUT2D eigenvalue weighted by atomic mass is 9.94. The van der Waals surface area contributed by atoms with Crippen LogP contribution in [-0.4, -0.2) is 11.8 Å². The van der Waals surface area contributed by atoms with Gasteiger partial charge in [0.2, 0.25) is 0 Å². The van der Waals surface area contributed by atoms with Gasteiger partial charge in [-0.1, -0.05) is 20.3 Å². The molecule has 0 radical (unpaired) electrons. The highest BCUT2D eigenvalue weighted by Crippen LogP contribution is 2.08. The molecule has 0 saturated carbocycles. The zero-order valence-corrected chi connectivity index (χ0v) is 8.76. The molecule has 0 aromatic heterocycles. The molecule has 0 aromatic carbocycles. The van der Waals surface area contributed by atoms with E-state index in [0.29, 0.717) is 12.8 Å². The largest absolute Gasteiger partial charge is 0.321 e. The molecule has 0 saturated heterocycles. The summed E-state index contributed by atoms with van der Waals surface area (Å²) in [7, 11) is 0. The second kappa shape index (κ2) is 6.68. The molecule has 2 atom stereocenters. The van der Waals surface area contributed by atoms with Gasteiger partial charge >= 0.3 is 0 Å². The van der Waals surface area contributed by atoms with Crippen LogP contribution in [0.15, 0.2) is 0 Å². The Bertz CT molecular complexity index is 212. The topological polar surface area (TPSA) is 43.1 Å². The minimum Gasteiger partial charge on any atom is -0.321 e. The Morgan fingerprint density at radius 3 is 2.62 bits per heavy atom. The summed E-state index contributed by atoms with van der Waals surface area (Å²) >= 11 is 0. The van der Waals surface area contributed by atoms with Gasteiger partial charge in [0.05, 0.1) is 6.04 Å². The molecule has 0 heterocycles. The molecule has 2 unspecified atom stereocenters. The van der Waals surface area contributed by atoms with Crippen molar-refractivity contribution < 1.29 is 4.79 Å². The number of nitrogens with two attached hydrogens (primary N) is 1. The van der Waals surface area contributed by atoms with Gasteiger partial charge in [-0.2, -0.15) is 0 Å². The highest BCUT2D eigenvalue weighted by atomic mass is 16.1. The lowest BCUT2D eigenvalue weighted by Crippen LogP contribution is -2.36. The summed E-state index contributed by atoms with van der Waals surface area (Å²) in [6.07, 6.45) is 2.08. The molecule has 0 aliphatic rings. The minimum absolute atomic E-state index is 0.136. The molecule has 74 valence electrons. The monoisotopic (exact) mass is 181 g/mol. The van der Waals surface area contributed by atoms with E-state index in [1.807, 2.05) is 13.8 Å². The van der Waals surface area contributed by atoms with Crippen LogP contribution < -0.4 is 5.73 Å². The zero-order chi connectivity index (χ0) is 10.3. The average molecular weight is 181 g/mol. The van der Waals surface area contributed by atoms with Crippen molar-refractivity contribution in [2.24, 2.45) is 11.7 Å². The molecule has 2 N–H and O–H groups in total. The fraction of sp³-hybridized carbons (Fsp3) is 0.727. The average Bonchev–Trinajstić information content (AvgIpc) is 2.15. The van der Waals surface area contributed by atoms with Crippen LogP contribution in [0.1, 0.15) is 40.0 Å². The van der Waals surface area contributed by atoms with Crippen molar-refractivity contribution in [1.82, 2.24) is 0 Å². The van der Waals surface area contributed by atoms with Gasteiger partial charge in [-0.3, -0.25) is 4.79 Å². The molecule has 0 fully saturated rings. The quantitative estimate of drug-likeness (QED) is 0.656. The summed E-state index contributed by atoms with van der Waals surface area (Å²) in [6.45, 7) is 5.83. The van der Waals surface area contributed by atoms with Gasteiger partial charge in [0, 0.05) is 12.8 Å². The molecular formula is C11H19NO. The summed E-state index contributed by atoms with van der Waals surface area (Å²) in [4.78, 5) is 11.4. The number of hydrogen-bond donors (Lipinski definition) is 1. The van der Waals surface area contributed by atoms with E-state index in [1.54, 1.807) is 6.92 Å². The molecule has 2 nitrogen and oxygen atoms in total. The third kappa shape index (κ3) is 4.69. The van der Waals surface area contributed by atoms with Crippen molar-refractivity contribution in [3.63, 3.8) is 0 Å². The van der Waals surface area contributed by atoms with Crippen LogP contribution in [-0.2, 0) is 4.79 Å². The van der Waals surface area contributed by atoms with Gasteiger partial charge in [-0.15, -0.1) is 11.8 Å². The maximum Gasteiger partial charge on any atom is 0.150 e. The molecule has 0 amide bonds. The number of ketones is 1. The lowest BCUT2D eigenvalue weighted by molar-refractivity contribution is -0.121. The normalized spacial score (nSPS) is 14.2. The zero-order valence-electron chi connectivity index (χ0n) is 8.76. The highest BCUT2D eigenvalue weighted by Gasteiger charge is 2.17. The first-order valence-electron chi connectivity index (χ1n) is 4.81. The highest BCUT2D eigenvalue weighted by molar-refractivity contribution is 5.84. The second-order valence-electron chi connectivity index (χ2n) is 3.30. The first-order chi connectivity index (χ1) is 6.13. The first-order valence-corrected chi connectivity index (χ1v) is 4.81. The van der Waals surface area contributed by atoms with Gasteiger partial charge in [0.15, 0.2) is 5.78 Å². The maximum atomic E-state index is 11.4. The van der Waals surface area contributed by atoms with E-state index in [9.17, 15) is 4.79 Å². The predicted octanol–water partition coefficient (Wildman–Crippen LogP) is 1.73. The molecule has 13 heavy (non-hydrogen) atoms. The first kappa shape index (κ1) is 12.2. The van der Waals surface area contributed by atoms with E-state index in [-0.39, 0.29) is 17.7 Å². The van der Waals surface area contributed by atoms with Crippen molar-refractivity contribution in [2.45, 2.75) is 46.1 Å². The Balaban J connectivity index is 3.86. The standard InChI is InChI=1S/C11H19NO/c1-4-6-7-8-10(13)11(12)9(3)5-2/h9,11H,5,7-8,12H2,1-3H3. The third-order valence-electron chi connectivity index (χ3n) is 2.30. The summed E-state index contributed by atoms with van der Waals surface area (Å²) < 4.78 is 0. The van der Waals surface area contributed by atoms with Crippen LogP contribution in [0.3, 0.4) is 0 Å².